The molecule has 0 aliphatic carbocycles. The fourth-order valence-corrected chi connectivity index (χ4v) is 3.20. The Morgan fingerprint density at radius 2 is 2.10 bits per heavy atom. The molecule has 1 aromatic rings. The van der Waals surface area contributed by atoms with E-state index in [0.29, 0.717) is 19.8 Å². The Balaban J connectivity index is 1.79. The van der Waals surface area contributed by atoms with Gasteiger partial charge in [0.2, 0.25) is 5.91 Å². The molecule has 0 bridgehead atoms. The van der Waals surface area contributed by atoms with Gasteiger partial charge in [0.25, 0.3) is 0 Å². The number of likely N-dealkylation sites (tertiary alicyclic amines) is 1. The second-order valence-electron chi connectivity index (χ2n) is 6.00. The van der Waals surface area contributed by atoms with Gasteiger partial charge in [-0.3, -0.25) is 14.4 Å². The van der Waals surface area contributed by atoms with Crippen LogP contribution in [-0.2, 0) is 16.6 Å². The molecule has 116 valence electrons. The van der Waals surface area contributed by atoms with E-state index < -0.39 is 0 Å². The van der Waals surface area contributed by atoms with Crippen molar-refractivity contribution < 1.29 is 9.53 Å². The molecule has 0 radical (unpaired) electrons. The molecule has 0 N–H and O–H groups in total. The molecule has 21 heavy (non-hydrogen) atoms. The lowest BCUT2D eigenvalue weighted by atomic mass is 10.0. The lowest BCUT2D eigenvalue weighted by molar-refractivity contribution is -0.138. The fraction of sp³-hybridized carbons (Fsp3) is 0.733. The summed E-state index contributed by atoms with van der Waals surface area (Å²) in [6.45, 7) is 8.58. The molecule has 1 atom stereocenters. The molecule has 1 aromatic heterocycles. The van der Waals surface area contributed by atoms with Gasteiger partial charge in [0.15, 0.2) is 0 Å². The zero-order chi connectivity index (χ0) is 15.0. The molecular weight excluding hydrogens is 268 g/mol. The first-order valence-corrected chi connectivity index (χ1v) is 7.67. The molecule has 2 fully saturated rings. The third-order valence-electron chi connectivity index (χ3n) is 4.68. The van der Waals surface area contributed by atoms with Crippen molar-refractivity contribution in [3.63, 3.8) is 0 Å². The van der Waals surface area contributed by atoms with Crippen LogP contribution in [0, 0.1) is 13.8 Å². The van der Waals surface area contributed by atoms with E-state index in [1.807, 2.05) is 23.6 Å². The summed E-state index contributed by atoms with van der Waals surface area (Å²) < 4.78 is 7.58. The summed E-state index contributed by atoms with van der Waals surface area (Å²) >= 11 is 0. The maximum absolute atomic E-state index is 12.3. The van der Waals surface area contributed by atoms with Crippen LogP contribution in [0.15, 0.2) is 0 Å². The van der Waals surface area contributed by atoms with E-state index in [4.69, 9.17) is 4.74 Å². The quantitative estimate of drug-likeness (QED) is 0.820. The minimum Gasteiger partial charge on any atom is -0.378 e. The van der Waals surface area contributed by atoms with Crippen LogP contribution in [0.1, 0.15) is 29.4 Å². The van der Waals surface area contributed by atoms with Crippen molar-refractivity contribution in [2.45, 2.75) is 26.3 Å². The van der Waals surface area contributed by atoms with E-state index in [1.54, 1.807) is 0 Å². The van der Waals surface area contributed by atoms with E-state index in [0.717, 1.165) is 37.4 Å². The molecule has 2 aliphatic heterocycles. The van der Waals surface area contributed by atoms with E-state index in [1.165, 1.54) is 5.56 Å². The van der Waals surface area contributed by atoms with Crippen LogP contribution >= 0.6 is 0 Å². The van der Waals surface area contributed by atoms with Gasteiger partial charge in [0, 0.05) is 37.9 Å². The number of rotatable bonds is 3. The Bertz CT molecular complexity index is 536. The third kappa shape index (κ3) is 2.70. The van der Waals surface area contributed by atoms with Gasteiger partial charge in [-0.05, 0) is 20.3 Å². The van der Waals surface area contributed by atoms with Gasteiger partial charge in [0.1, 0.15) is 0 Å². The van der Waals surface area contributed by atoms with Gasteiger partial charge in [-0.15, -0.1) is 0 Å². The smallest absolute Gasteiger partial charge is 0.236 e. The highest BCUT2D eigenvalue weighted by Gasteiger charge is 2.32. The van der Waals surface area contributed by atoms with Crippen LogP contribution in [0.4, 0.5) is 0 Å². The molecule has 0 aromatic carbocycles. The summed E-state index contributed by atoms with van der Waals surface area (Å²) in [4.78, 5) is 16.5. The van der Waals surface area contributed by atoms with E-state index in [9.17, 15) is 4.79 Å². The average molecular weight is 292 g/mol. The first kappa shape index (κ1) is 14.5. The second-order valence-corrected chi connectivity index (χ2v) is 6.00. The minimum absolute atomic E-state index is 0.137. The number of aromatic nitrogens is 2. The number of aryl methyl sites for hydroxylation is 2. The minimum atomic E-state index is 0.137. The molecule has 2 aliphatic rings. The van der Waals surface area contributed by atoms with Crippen molar-refractivity contribution in [2.75, 3.05) is 39.4 Å². The van der Waals surface area contributed by atoms with Gasteiger partial charge in [-0.2, -0.15) is 5.10 Å². The maximum atomic E-state index is 12.3. The summed E-state index contributed by atoms with van der Waals surface area (Å²) in [5, 5.41) is 4.50. The van der Waals surface area contributed by atoms with Crippen molar-refractivity contribution in [2.24, 2.45) is 7.05 Å². The Hall–Kier alpha value is -1.40. The van der Waals surface area contributed by atoms with E-state index >= 15 is 0 Å². The first-order valence-electron chi connectivity index (χ1n) is 7.67. The Morgan fingerprint density at radius 3 is 2.67 bits per heavy atom. The molecule has 6 heteroatoms. The van der Waals surface area contributed by atoms with Crippen LogP contribution < -0.4 is 0 Å². The predicted octanol–water partition coefficient (Wildman–Crippen LogP) is 0.643. The largest absolute Gasteiger partial charge is 0.378 e. The molecule has 3 heterocycles. The van der Waals surface area contributed by atoms with Crippen LogP contribution in [0.25, 0.3) is 0 Å². The monoisotopic (exact) mass is 292 g/mol. The Labute approximate surface area is 125 Å². The van der Waals surface area contributed by atoms with Gasteiger partial charge >= 0.3 is 0 Å². The highest BCUT2D eigenvalue weighted by atomic mass is 16.5. The number of hydrogen-bond donors (Lipinski definition) is 0. The fourth-order valence-electron chi connectivity index (χ4n) is 3.20. The summed E-state index contributed by atoms with van der Waals surface area (Å²) in [5.41, 5.74) is 3.41. The second kappa shape index (κ2) is 5.77. The van der Waals surface area contributed by atoms with Crippen molar-refractivity contribution in [1.82, 2.24) is 19.6 Å². The zero-order valence-electron chi connectivity index (χ0n) is 13.1. The number of morpholine rings is 1. The normalized spacial score (nSPS) is 23.2. The molecule has 1 amide bonds. The summed E-state index contributed by atoms with van der Waals surface area (Å²) in [6, 6.07) is 0.137. The maximum Gasteiger partial charge on any atom is 0.236 e. The number of carbonyl (C=O) groups is 1. The number of carbonyl (C=O) groups excluding carboxylic acids is 1. The third-order valence-corrected chi connectivity index (χ3v) is 4.68. The van der Waals surface area contributed by atoms with E-state index in [-0.39, 0.29) is 11.9 Å². The van der Waals surface area contributed by atoms with Crippen LogP contribution in [0.5, 0.6) is 0 Å². The standard InChI is InChI=1S/C15H24N4O2/c1-11-15(12(2)17(3)16-11)13-10-21-8-7-19(13)9-14(20)18-5-4-6-18/h13H,4-10H2,1-3H3. The molecule has 0 saturated carbocycles. The molecular formula is C15H24N4O2. The van der Waals surface area contributed by atoms with Gasteiger partial charge in [-0.1, -0.05) is 0 Å². The lowest BCUT2D eigenvalue weighted by Crippen LogP contribution is -2.50. The van der Waals surface area contributed by atoms with Crippen molar-refractivity contribution in [3.05, 3.63) is 17.0 Å². The molecule has 0 spiro atoms. The van der Waals surface area contributed by atoms with E-state index in [2.05, 4.69) is 16.9 Å². The molecule has 2 saturated heterocycles. The molecule has 1 unspecified atom stereocenters. The number of amides is 1. The van der Waals surface area contributed by atoms with Crippen molar-refractivity contribution in [1.29, 1.82) is 0 Å². The van der Waals surface area contributed by atoms with Crippen LogP contribution in [0.2, 0.25) is 0 Å². The average Bonchev–Trinajstić information content (AvgIpc) is 2.62. The van der Waals surface area contributed by atoms with Crippen LogP contribution in [0.3, 0.4) is 0 Å². The summed E-state index contributed by atoms with van der Waals surface area (Å²) in [6.07, 6.45) is 1.14. The number of nitrogens with zero attached hydrogens (tertiary/aromatic N) is 4. The summed E-state index contributed by atoms with van der Waals surface area (Å²) in [5.74, 6) is 0.243. The number of hydrogen-bond acceptors (Lipinski definition) is 4. The highest BCUT2D eigenvalue weighted by molar-refractivity contribution is 5.79. The lowest BCUT2D eigenvalue weighted by Gasteiger charge is -2.38. The summed E-state index contributed by atoms with van der Waals surface area (Å²) in [7, 11) is 1.96. The number of ether oxygens (including phenoxy) is 1. The zero-order valence-corrected chi connectivity index (χ0v) is 13.1. The Morgan fingerprint density at radius 1 is 1.33 bits per heavy atom. The molecule has 3 rings (SSSR count). The van der Waals surface area contributed by atoms with Gasteiger partial charge in [0.05, 0.1) is 31.5 Å². The Kier molecular flexibility index (Phi) is 3.99. The van der Waals surface area contributed by atoms with Crippen LogP contribution in [-0.4, -0.2) is 64.9 Å². The topological polar surface area (TPSA) is 50.6 Å². The van der Waals surface area contributed by atoms with Gasteiger partial charge in [-0.25, -0.2) is 0 Å². The first-order chi connectivity index (χ1) is 10.1. The van der Waals surface area contributed by atoms with Gasteiger partial charge < -0.3 is 9.64 Å². The SMILES string of the molecule is Cc1nn(C)c(C)c1C1COCCN1CC(=O)N1CCC1. The van der Waals surface area contributed by atoms with Crippen molar-refractivity contribution in [3.8, 4) is 0 Å². The van der Waals surface area contributed by atoms with Crippen molar-refractivity contribution >= 4 is 5.91 Å². The predicted molar refractivity (Wildman–Crippen MR) is 79.0 cm³/mol. The molecule has 6 nitrogen and oxygen atoms in total. The highest BCUT2D eigenvalue weighted by Crippen LogP contribution is 2.29.